The molecule has 3 heterocycles. The Bertz CT molecular complexity index is 1210. The zero-order valence-corrected chi connectivity index (χ0v) is 16.5. The number of aromatic nitrogens is 3. The first kappa shape index (κ1) is 18.1. The van der Waals surface area contributed by atoms with Crippen LogP contribution in [0, 0.1) is 0 Å². The van der Waals surface area contributed by atoms with E-state index in [1.165, 1.54) is 0 Å². The van der Waals surface area contributed by atoms with Gasteiger partial charge in [-0.25, -0.2) is 9.50 Å². The minimum absolute atomic E-state index is 0.0136. The molecule has 3 aromatic heterocycles. The molecule has 0 bridgehead atoms. The van der Waals surface area contributed by atoms with Gasteiger partial charge in [0.1, 0.15) is 5.76 Å². The highest BCUT2D eigenvalue weighted by molar-refractivity contribution is 6.30. The largest absolute Gasteiger partial charge is 0.469 e. The predicted octanol–water partition coefficient (Wildman–Crippen LogP) is 4.70. The van der Waals surface area contributed by atoms with Gasteiger partial charge in [-0.3, -0.25) is 4.79 Å². The molecular weight excluding hydrogens is 390 g/mol. The van der Waals surface area contributed by atoms with Gasteiger partial charge in [0.2, 0.25) is 0 Å². The molecule has 4 aromatic rings. The molecule has 6 nitrogen and oxygen atoms in total. The number of halogens is 1. The van der Waals surface area contributed by atoms with Crippen LogP contribution in [0.1, 0.15) is 39.8 Å². The average Bonchev–Trinajstić information content (AvgIpc) is 3.36. The SMILES string of the molecule is COCc1nn2c3c(cnc2c1-c1cccc(Cl)c1)C(=O)C[C@@H](c1ccco1)C3. The minimum atomic E-state index is -0.0136. The smallest absolute Gasteiger partial charge is 0.167 e. The normalized spacial score (nSPS) is 16.3. The second-order valence-corrected chi connectivity index (χ2v) is 7.60. The topological polar surface area (TPSA) is 69.6 Å². The summed E-state index contributed by atoms with van der Waals surface area (Å²) in [6, 6.07) is 11.3. The van der Waals surface area contributed by atoms with Gasteiger partial charge in [-0.15, -0.1) is 0 Å². The number of carbonyl (C=O) groups excluding carboxylic acids is 1. The summed E-state index contributed by atoms with van der Waals surface area (Å²) < 4.78 is 12.7. The van der Waals surface area contributed by atoms with Gasteiger partial charge in [0.15, 0.2) is 11.4 Å². The molecule has 146 valence electrons. The second-order valence-electron chi connectivity index (χ2n) is 7.16. The number of rotatable bonds is 4. The van der Waals surface area contributed by atoms with Crippen molar-refractivity contribution < 1.29 is 13.9 Å². The summed E-state index contributed by atoms with van der Waals surface area (Å²) in [5.74, 6) is 0.851. The van der Waals surface area contributed by atoms with Crippen molar-refractivity contribution in [3.63, 3.8) is 0 Å². The molecule has 0 unspecified atom stereocenters. The van der Waals surface area contributed by atoms with Crippen molar-refractivity contribution in [2.24, 2.45) is 0 Å². The average molecular weight is 408 g/mol. The maximum atomic E-state index is 12.8. The van der Waals surface area contributed by atoms with E-state index in [4.69, 9.17) is 25.9 Å². The molecule has 0 radical (unpaired) electrons. The van der Waals surface area contributed by atoms with Crippen molar-refractivity contribution in [1.29, 1.82) is 0 Å². The summed E-state index contributed by atoms with van der Waals surface area (Å²) in [6.07, 6.45) is 4.36. The zero-order chi connectivity index (χ0) is 20.0. The lowest BCUT2D eigenvalue weighted by Crippen LogP contribution is -2.22. The maximum absolute atomic E-state index is 12.8. The Hall–Kier alpha value is -2.96. The summed E-state index contributed by atoms with van der Waals surface area (Å²) in [5.41, 5.74) is 4.68. The lowest BCUT2D eigenvalue weighted by molar-refractivity contribution is 0.0958. The molecule has 0 saturated heterocycles. The van der Waals surface area contributed by atoms with E-state index in [0.29, 0.717) is 35.7 Å². The Kier molecular flexibility index (Phi) is 4.45. The number of hydrogen-bond donors (Lipinski definition) is 0. The minimum Gasteiger partial charge on any atom is -0.469 e. The van der Waals surface area contributed by atoms with E-state index in [9.17, 15) is 4.79 Å². The highest BCUT2D eigenvalue weighted by Gasteiger charge is 2.31. The number of hydrogen-bond acceptors (Lipinski definition) is 5. The maximum Gasteiger partial charge on any atom is 0.167 e. The van der Waals surface area contributed by atoms with Crippen LogP contribution in [0.15, 0.2) is 53.3 Å². The molecular formula is C22H18ClN3O3. The highest BCUT2D eigenvalue weighted by atomic mass is 35.5. The molecule has 0 N–H and O–H groups in total. The Morgan fingerprint density at radius 1 is 1.28 bits per heavy atom. The van der Waals surface area contributed by atoms with E-state index in [-0.39, 0.29) is 11.7 Å². The number of furan rings is 1. The number of methoxy groups -OCH3 is 1. The quantitative estimate of drug-likeness (QED) is 0.490. The van der Waals surface area contributed by atoms with E-state index in [2.05, 4.69) is 4.98 Å². The molecule has 1 atom stereocenters. The monoisotopic (exact) mass is 407 g/mol. The number of nitrogens with zero attached hydrogens (tertiary/aromatic N) is 3. The van der Waals surface area contributed by atoms with Crippen molar-refractivity contribution in [3.8, 4) is 11.1 Å². The summed E-state index contributed by atoms with van der Waals surface area (Å²) in [6.45, 7) is 0.329. The number of fused-ring (bicyclic) bond motifs is 3. The standard InChI is InChI=1S/C22H18ClN3O3/c1-28-12-17-21(13-4-2-5-15(23)8-13)22-24-11-16-18(26(22)25-17)9-14(10-19(16)27)20-6-3-7-29-20/h2-8,11,14H,9-10,12H2,1H3/t14-/m0/s1. The Morgan fingerprint density at radius 3 is 2.93 bits per heavy atom. The van der Waals surface area contributed by atoms with Gasteiger partial charge >= 0.3 is 0 Å². The van der Waals surface area contributed by atoms with Crippen LogP contribution in [0.2, 0.25) is 5.02 Å². The van der Waals surface area contributed by atoms with Gasteiger partial charge in [0.25, 0.3) is 0 Å². The van der Waals surface area contributed by atoms with E-state index >= 15 is 0 Å². The molecule has 29 heavy (non-hydrogen) atoms. The third-order valence-corrected chi connectivity index (χ3v) is 5.56. The number of ketones is 1. The number of ether oxygens (including phenoxy) is 1. The fourth-order valence-electron chi connectivity index (χ4n) is 4.05. The molecule has 0 saturated carbocycles. The van der Waals surface area contributed by atoms with Gasteiger partial charge in [-0.05, 0) is 29.8 Å². The zero-order valence-electron chi connectivity index (χ0n) is 15.8. The molecule has 0 aliphatic heterocycles. The number of Topliss-reactive ketones (excluding diaryl/α,β-unsaturated/α-hetero) is 1. The van der Waals surface area contributed by atoms with Gasteiger partial charge in [-0.2, -0.15) is 5.10 Å². The summed E-state index contributed by atoms with van der Waals surface area (Å²) in [4.78, 5) is 17.4. The molecule has 0 amide bonds. The predicted molar refractivity (Wildman–Crippen MR) is 108 cm³/mol. The van der Waals surface area contributed by atoms with Crippen molar-refractivity contribution in [1.82, 2.24) is 14.6 Å². The fraction of sp³-hybridized carbons (Fsp3) is 0.227. The van der Waals surface area contributed by atoms with Gasteiger partial charge in [-0.1, -0.05) is 23.7 Å². The van der Waals surface area contributed by atoms with Gasteiger partial charge < -0.3 is 9.15 Å². The molecule has 1 aromatic carbocycles. The first-order valence-corrected chi connectivity index (χ1v) is 9.74. The lowest BCUT2D eigenvalue weighted by Gasteiger charge is -2.22. The summed E-state index contributed by atoms with van der Waals surface area (Å²) in [5, 5.41) is 5.41. The summed E-state index contributed by atoms with van der Waals surface area (Å²) >= 11 is 6.22. The molecule has 7 heteroatoms. The number of benzene rings is 1. The number of carbonyl (C=O) groups is 1. The Labute approximate surface area is 172 Å². The van der Waals surface area contributed by atoms with Crippen LogP contribution in [-0.4, -0.2) is 27.5 Å². The van der Waals surface area contributed by atoms with Crippen molar-refractivity contribution >= 4 is 23.0 Å². The fourth-order valence-corrected chi connectivity index (χ4v) is 4.24. The Balaban J connectivity index is 1.72. The third kappa shape index (κ3) is 3.05. The van der Waals surface area contributed by atoms with Crippen LogP contribution in [0.25, 0.3) is 16.8 Å². The van der Waals surface area contributed by atoms with Crippen LogP contribution >= 0.6 is 11.6 Å². The van der Waals surface area contributed by atoms with E-state index < -0.39 is 0 Å². The lowest BCUT2D eigenvalue weighted by atomic mass is 9.85. The molecule has 0 fully saturated rings. The Morgan fingerprint density at radius 2 is 2.17 bits per heavy atom. The van der Waals surface area contributed by atoms with Crippen molar-refractivity contribution in [3.05, 3.63) is 76.6 Å². The van der Waals surface area contributed by atoms with Crippen molar-refractivity contribution in [2.75, 3.05) is 7.11 Å². The second kappa shape index (κ2) is 7.13. The first-order valence-electron chi connectivity index (χ1n) is 9.36. The van der Waals surface area contributed by atoms with E-state index in [1.54, 1.807) is 24.1 Å². The van der Waals surface area contributed by atoms with Crippen molar-refractivity contribution in [2.45, 2.75) is 25.4 Å². The molecule has 0 spiro atoms. The van der Waals surface area contributed by atoms with Crippen LogP contribution in [0.4, 0.5) is 0 Å². The summed E-state index contributed by atoms with van der Waals surface area (Å²) in [7, 11) is 1.63. The highest BCUT2D eigenvalue weighted by Crippen LogP contribution is 2.36. The van der Waals surface area contributed by atoms with Gasteiger partial charge in [0, 0.05) is 37.1 Å². The van der Waals surface area contributed by atoms with E-state index in [0.717, 1.165) is 28.3 Å². The molecule has 5 rings (SSSR count). The third-order valence-electron chi connectivity index (χ3n) is 5.33. The van der Waals surface area contributed by atoms with Crippen LogP contribution < -0.4 is 0 Å². The van der Waals surface area contributed by atoms with E-state index in [1.807, 2.05) is 36.4 Å². The molecule has 1 aliphatic rings. The first-order chi connectivity index (χ1) is 14.2. The van der Waals surface area contributed by atoms with Crippen LogP contribution in [0.3, 0.4) is 0 Å². The van der Waals surface area contributed by atoms with Crippen LogP contribution in [-0.2, 0) is 17.8 Å². The molecule has 1 aliphatic carbocycles. The van der Waals surface area contributed by atoms with Gasteiger partial charge in [0.05, 0.1) is 35.4 Å². The van der Waals surface area contributed by atoms with Crippen LogP contribution in [0.5, 0.6) is 0 Å².